The third kappa shape index (κ3) is 3.58. The lowest BCUT2D eigenvalue weighted by molar-refractivity contribution is 0.480. The minimum atomic E-state index is 0.312. The molecule has 0 amide bonds. The van der Waals surface area contributed by atoms with Crippen LogP contribution in [-0.2, 0) is 7.05 Å². The molecule has 19 heavy (non-hydrogen) atoms. The first-order chi connectivity index (χ1) is 9.10. The van der Waals surface area contributed by atoms with Gasteiger partial charge in [0.25, 0.3) is 0 Å². The number of aromatic nitrogens is 2. The van der Waals surface area contributed by atoms with Crippen molar-refractivity contribution >= 4 is 15.9 Å². The van der Waals surface area contributed by atoms with Gasteiger partial charge in [-0.3, -0.25) is 4.68 Å². The quantitative estimate of drug-likeness (QED) is 0.912. The van der Waals surface area contributed by atoms with Crippen LogP contribution in [0.5, 0.6) is 11.5 Å². The predicted octanol–water partition coefficient (Wildman–Crippen LogP) is 3.65. The normalized spacial score (nSPS) is 12.4. The molecule has 0 bridgehead atoms. The molecule has 1 N–H and O–H groups in total. The topological polar surface area (TPSA) is 39.1 Å². The molecule has 2 rings (SSSR count). The summed E-state index contributed by atoms with van der Waals surface area (Å²) in [4.78, 5) is 0. The third-order valence-corrected chi connectivity index (χ3v) is 3.55. The molecule has 0 radical (unpaired) electrons. The van der Waals surface area contributed by atoms with Crippen molar-refractivity contribution in [2.75, 3.05) is 6.54 Å². The molecule has 0 saturated carbocycles. The van der Waals surface area contributed by atoms with E-state index in [-0.39, 0.29) is 0 Å². The fourth-order valence-electron chi connectivity index (χ4n) is 1.93. The molecule has 1 unspecified atom stereocenters. The summed E-state index contributed by atoms with van der Waals surface area (Å²) in [6.07, 6.45) is 3.53. The second kappa shape index (κ2) is 6.21. The first-order valence-corrected chi connectivity index (χ1v) is 7.08. The number of halogens is 1. The monoisotopic (exact) mass is 323 g/mol. The van der Waals surface area contributed by atoms with Crippen LogP contribution in [0.2, 0.25) is 0 Å². The Labute approximate surface area is 121 Å². The van der Waals surface area contributed by atoms with Gasteiger partial charge >= 0.3 is 0 Å². The molecule has 1 heterocycles. The molecule has 102 valence electrons. The highest BCUT2D eigenvalue weighted by Gasteiger charge is 2.09. The van der Waals surface area contributed by atoms with Crippen molar-refractivity contribution in [2.45, 2.75) is 19.9 Å². The zero-order valence-electron chi connectivity index (χ0n) is 11.4. The predicted molar refractivity (Wildman–Crippen MR) is 79.5 cm³/mol. The highest BCUT2D eigenvalue weighted by atomic mass is 79.9. The number of benzene rings is 1. The number of nitrogens with one attached hydrogen (secondary N) is 1. The van der Waals surface area contributed by atoms with Gasteiger partial charge in [0.1, 0.15) is 5.75 Å². The van der Waals surface area contributed by atoms with Crippen molar-refractivity contribution in [3.05, 3.63) is 40.6 Å². The molecule has 0 fully saturated rings. The average Bonchev–Trinajstić information content (AvgIpc) is 2.75. The molecule has 1 aromatic heterocycles. The maximum atomic E-state index is 5.74. The van der Waals surface area contributed by atoms with Crippen LogP contribution in [0, 0.1) is 0 Å². The SMILES string of the molecule is CCNC(C)c1ccc(Oc2cnn(C)c2)cc1Br. The van der Waals surface area contributed by atoms with Crippen LogP contribution >= 0.6 is 15.9 Å². The third-order valence-electron chi connectivity index (χ3n) is 2.87. The van der Waals surface area contributed by atoms with Crippen molar-refractivity contribution in [2.24, 2.45) is 7.05 Å². The summed E-state index contributed by atoms with van der Waals surface area (Å²) < 4.78 is 8.50. The lowest BCUT2D eigenvalue weighted by atomic mass is 10.1. The van der Waals surface area contributed by atoms with E-state index in [9.17, 15) is 0 Å². The van der Waals surface area contributed by atoms with Crippen LogP contribution in [0.3, 0.4) is 0 Å². The highest BCUT2D eigenvalue weighted by Crippen LogP contribution is 2.30. The Hall–Kier alpha value is -1.33. The summed E-state index contributed by atoms with van der Waals surface area (Å²) in [6.45, 7) is 5.19. The van der Waals surface area contributed by atoms with Gasteiger partial charge in [0, 0.05) is 17.6 Å². The fraction of sp³-hybridized carbons (Fsp3) is 0.357. The number of rotatable bonds is 5. The number of aryl methyl sites for hydroxylation is 1. The van der Waals surface area contributed by atoms with Crippen LogP contribution < -0.4 is 10.1 Å². The second-order valence-electron chi connectivity index (χ2n) is 4.41. The fourth-order valence-corrected chi connectivity index (χ4v) is 2.63. The van der Waals surface area contributed by atoms with E-state index < -0.39 is 0 Å². The van der Waals surface area contributed by atoms with Gasteiger partial charge in [-0.2, -0.15) is 5.10 Å². The smallest absolute Gasteiger partial charge is 0.165 e. The molecule has 0 aliphatic heterocycles. The highest BCUT2D eigenvalue weighted by molar-refractivity contribution is 9.10. The Kier molecular flexibility index (Phi) is 4.61. The zero-order valence-corrected chi connectivity index (χ0v) is 12.9. The molecule has 2 aromatic rings. The van der Waals surface area contributed by atoms with Gasteiger partial charge in [-0.05, 0) is 31.2 Å². The van der Waals surface area contributed by atoms with Gasteiger partial charge in [-0.1, -0.05) is 28.9 Å². The molecule has 1 atom stereocenters. The molecular formula is C14H18BrN3O. The Morgan fingerprint density at radius 3 is 2.79 bits per heavy atom. The molecule has 4 nitrogen and oxygen atoms in total. The first-order valence-electron chi connectivity index (χ1n) is 6.29. The van der Waals surface area contributed by atoms with Gasteiger partial charge in [0.2, 0.25) is 0 Å². The van der Waals surface area contributed by atoms with Gasteiger partial charge in [0.05, 0.1) is 12.4 Å². The van der Waals surface area contributed by atoms with Crippen LogP contribution in [-0.4, -0.2) is 16.3 Å². The number of hydrogen-bond acceptors (Lipinski definition) is 3. The summed E-state index contributed by atoms with van der Waals surface area (Å²) in [6, 6.07) is 6.34. The van der Waals surface area contributed by atoms with Gasteiger partial charge in [0.15, 0.2) is 5.75 Å². The maximum absolute atomic E-state index is 5.74. The van der Waals surface area contributed by atoms with E-state index >= 15 is 0 Å². The molecule has 1 aromatic carbocycles. The van der Waals surface area contributed by atoms with E-state index in [1.807, 2.05) is 25.4 Å². The molecule has 0 aliphatic rings. The van der Waals surface area contributed by atoms with Crippen molar-refractivity contribution in [3.63, 3.8) is 0 Å². The number of nitrogens with zero attached hydrogens (tertiary/aromatic N) is 2. The summed E-state index contributed by atoms with van der Waals surface area (Å²) in [7, 11) is 1.87. The molecule has 0 saturated heterocycles. The van der Waals surface area contributed by atoms with Gasteiger partial charge in [-0.15, -0.1) is 0 Å². The maximum Gasteiger partial charge on any atom is 0.165 e. The van der Waals surface area contributed by atoms with E-state index in [0.29, 0.717) is 6.04 Å². The molecule has 0 spiro atoms. The van der Waals surface area contributed by atoms with Crippen LogP contribution in [0.1, 0.15) is 25.5 Å². The van der Waals surface area contributed by atoms with Crippen molar-refractivity contribution < 1.29 is 4.74 Å². The summed E-state index contributed by atoms with van der Waals surface area (Å²) in [5.41, 5.74) is 1.22. The van der Waals surface area contributed by atoms with Crippen LogP contribution in [0.25, 0.3) is 0 Å². The molecular weight excluding hydrogens is 306 g/mol. The first kappa shape index (κ1) is 14.1. The number of ether oxygens (including phenoxy) is 1. The lowest BCUT2D eigenvalue weighted by Gasteiger charge is -2.15. The molecule has 5 heteroatoms. The largest absolute Gasteiger partial charge is 0.454 e. The van der Waals surface area contributed by atoms with E-state index in [1.54, 1.807) is 10.9 Å². The van der Waals surface area contributed by atoms with Gasteiger partial charge < -0.3 is 10.1 Å². The number of hydrogen-bond donors (Lipinski definition) is 1. The van der Waals surface area contributed by atoms with Gasteiger partial charge in [-0.25, -0.2) is 0 Å². The van der Waals surface area contributed by atoms with Crippen LogP contribution in [0.4, 0.5) is 0 Å². The van der Waals surface area contributed by atoms with Crippen molar-refractivity contribution in [1.29, 1.82) is 0 Å². The lowest BCUT2D eigenvalue weighted by Crippen LogP contribution is -2.17. The van der Waals surface area contributed by atoms with E-state index in [0.717, 1.165) is 22.5 Å². The second-order valence-corrected chi connectivity index (χ2v) is 5.27. The van der Waals surface area contributed by atoms with E-state index in [4.69, 9.17) is 4.74 Å². The zero-order chi connectivity index (χ0) is 13.8. The summed E-state index contributed by atoms with van der Waals surface area (Å²) >= 11 is 3.60. The summed E-state index contributed by atoms with van der Waals surface area (Å²) in [5.74, 6) is 1.54. The molecule has 0 aliphatic carbocycles. The summed E-state index contributed by atoms with van der Waals surface area (Å²) in [5, 5.41) is 7.47. The van der Waals surface area contributed by atoms with Crippen molar-refractivity contribution in [3.8, 4) is 11.5 Å². The Balaban J connectivity index is 2.14. The minimum Gasteiger partial charge on any atom is -0.454 e. The Bertz CT molecular complexity index is 553. The average molecular weight is 324 g/mol. The minimum absolute atomic E-state index is 0.312. The Morgan fingerprint density at radius 1 is 1.42 bits per heavy atom. The van der Waals surface area contributed by atoms with E-state index in [1.165, 1.54) is 5.56 Å². The Morgan fingerprint density at radius 2 is 2.21 bits per heavy atom. The van der Waals surface area contributed by atoms with E-state index in [2.05, 4.69) is 46.3 Å². The standard InChI is InChI=1S/C14H18BrN3O/c1-4-16-10(2)13-6-5-11(7-14(13)15)19-12-8-17-18(3)9-12/h5-10,16H,4H2,1-3H3. The van der Waals surface area contributed by atoms with Crippen molar-refractivity contribution in [1.82, 2.24) is 15.1 Å². The van der Waals surface area contributed by atoms with Crippen LogP contribution in [0.15, 0.2) is 35.1 Å².